The highest BCUT2D eigenvalue weighted by Crippen LogP contribution is 2.16. The Morgan fingerprint density at radius 3 is 2.33 bits per heavy atom. The van der Waals surface area contributed by atoms with Gasteiger partial charge in [-0.15, -0.1) is 0 Å². The summed E-state index contributed by atoms with van der Waals surface area (Å²) in [5.74, 6) is 1.01. The van der Waals surface area contributed by atoms with Gasteiger partial charge in [0.25, 0.3) is 6.47 Å². The first-order chi connectivity index (χ1) is 14.4. The average molecular weight is 420 g/mol. The smallest absolute Gasteiger partial charge is 0.290 e. The second-order valence-electron chi connectivity index (χ2n) is 7.13. The van der Waals surface area contributed by atoms with E-state index in [-0.39, 0.29) is 30.7 Å². The molecule has 1 N–H and O–H groups in total. The molecule has 164 valence electrons. The highest BCUT2D eigenvalue weighted by Gasteiger charge is 2.24. The Morgan fingerprint density at radius 1 is 1.17 bits per heavy atom. The maximum Gasteiger partial charge on any atom is 0.290 e. The number of carbonyl (C=O) groups is 3. The number of rotatable bonds is 5. The van der Waals surface area contributed by atoms with Gasteiger partial charge in [-0.2, -0.15) is 0 Å². The molecule has 1 saturated heterocycles. The maximum atomic E-state index is 12.7. The van der Waals surface area contributed by atoms with E-state index in [1.165, 1.54) is 0 Å². The van der Waals surface area contributed by atoms with E-state index in [0.29, 0.717) is 44.0 Å². The lowest BCUT2D eigenvalue weighted by Gasteiger charge is -2.24. The van der Waals surface area contributed by atoms with Crippen LogP contribution in [0.4, 0.5) is 0 Å². The van der Waals surface area contributed by atoms with Crippen molar-refractivity contribution in [3.8, 4) is 0 Å². The molecule has 1 aliphatic rings. The Morgan fingerprint density at radius 2 is 1.80 bits per heavy atom. The van der Waals surface area contributed by atoms with Crippen molar-refractivity contribution in [1.29, 1.82) is 0 Å². The number of hydrogen-bond donors (Lipinski definition) is 1. The minimum Gasteiger partial charge on any atom is -0.483 e. The van der Waals surface area contributed by atoms with Gasteiger partial charge in [-0.05, 0) is 27.2 Å². The second kappa shape index (κ2) is 11.1. The summed E-state index contributed by atoms with van der Waals surface area (Å²) in [4.78, 5) is 41.5. The van der Waals surface area contributed by atoms with E-state index in [4.69, 9.17) is 9.90 Å². The predicted molar refractivity (Wildman–Crippen MR) is 106 cm³/mol. The lowest BCUT2D eigenvalue weighted by Crippen LogP contribution is -2.38. The third-order valence-corrected chi connectivity index (χ3v) is 5.07. The topological polar surface area (TPSA) is 135 Å². The summed E-state index contributed by atoms with van der Waals surface area (Å²) in [6.45, 7) is 7.87. The number of aryl methyl sites for hydroxylation is 2. The van der Waals surface area contributed by atoms with Crippen molar-refractivity contribution in [3.05, 3.63) is 29.6 Å². The summed E-state index contributed by atoms with van der Waals surface area (Å²) in [5, 5.41) is 14.4. The van der Waals surface area contributed by atoms with Crippen molar-refractivity contribution in [2.45, 2.75) is 46.1 Å². The van der Waals surface area contributed by atoms with Crippen LogP contribution in [0.2, 0.25) is 0 Å². The Hall–Kier alpha value is -3.24. The van der Waals surface area contributed by atoms with Gasteiger partial charge in [-0.25, -0.2) is 9.61 Å². The van der Waals surface area contributed by atoms with Gasteiger partial charge in [0.1, 0.15) is 17.2 Å². The van der Waals surface area contributed by atoms with Crippen LogP contribution in [0, 0.1) is 13.8 Å². The zero-order valence-corrected chi connectivity index (χ0v) is 17.5. The number of imidazole rings is 1. The van der Waals surface area contributed by atoms with E-state index >= 15 is 0 Å². The van der Waals surface area contributed by atoms with Crippen LogP contribution in [0.5, 0.6) is 0 Å². The van der Waals surface area contributed by atoms with E-state index in [1.807, 2.05) is 29.5 Å². The minimum atomic E-state index is -0.250. The molecule has 0 aromatic carbocycles. The normalized spacial score (nSPS) is 15.0. The number of carbonyl (C=O) groups excluding carboxylic acids is 2. The van der Waals surface area contributed by atoms with Crippen molar-refractivity contribution in [3.63, 3.8) is 0 Å². The fourth-order valence-electron chi connectivity index (χ4n) is 3.41. The molecule has 3 heterocycles. The van der Waals surface area contributed by atoms with Crippen LogP contribution in [0.15, 0.2) is 17.0 Å². The molecule has 0 radical (unpaired) electrons. The molecule has 0 spiro atoms. The molecule has 1 atom stereocenters. The zero-order chi connectivity index (χ0) is 22.1. The lowest BCUT2D eigenvalue weighted by atomic mass is 10.2. The largest absolute Gasteiger partial charge is 0.483 e. The van der Waals surface area contributed by atoms with Gasteiger partial charge < -0.3 is 19.5 Å². The monoisotopic (exact) mass is 420 g/mol. The van der Waals surface area contributed by atoms with Crippen LogP contribution < -0.4 is 0 Å². The SMILES string of the molecule is Cc1nonc1CC(=O)N1CCCN(C(=O)CC(C)n2ccnc2C)CC1.O=CO. The molecule has 11 nitrogen and oxygen atoms in total. The molecule has 2 aromatic heterocycles. The summed E-state index contributed by atoms with van der Waals surface area (Å²) in [6.07, 6.45) is 5.02. The van der Waals surface area contributed by atoms with Crippen molar-refractivity contribution < 1.29 is 24.1 Å². The minimum absolute atomic E-state index is 0.00879. The van der Waals surface area contributed by atoms with Crippen molar-refractivity contribution >= 4 is 18.3 Å². The summed E-state index contributed by atoms with van der Waals surface area (Å²) >= 11 is 0. The summed E-state index contributed by atoms with van der Waals surface area (Å²) in [6, 6.07) is 0.0589. The van der Waals surface area contributed by atoms with E-state index in [2.05, 4.69) is 19.9 Å². The maximum absolute atomic E-state index is 12.7. The van der Waals surface area contributed by atoms with Gasteiger partial charge in [0.05, 0.1) is 6.42 Å². The first-order valence-electron chi connectivity index (χ1n) is 9.78. The van der Waals surface area contributed by atoms with Crippen molar-refractivity contribution in [2.24, 2.45) is 0 Å². The second-order valence-corrected chi connectivity index (χ2v) is 7.13. The molecule has 30 heavy (non-hydrogen) atoms. The molecule has 1 aliphatic heterocycles. The highest BCUT2D eigenvalue weighted by atomic mass is 16.6. The van der Waals surface area contributed by atoms with Crippen LogP contribution in [0.3, 0.4) is 0 Å². The standard InChI is InChI=1S/C18H26N6O3.CH2O2/c1-13(24-8-5-19-15(24)3)11-17(25)22-6-4-7-23(10-9-22)18(26)12-16-14(2)20-27-21-16;2-1-3/h5,8,13H,4,6-7,9-12H2,1-3H3;1H,(H,2,3). The Labute approximate surface area is 174 Å². The third kappa shape index (κ3) is 6.13. The Bertz CT molecular complexity index is 848. The van der Waals surface area contributed by atoms with E-state index in [0.717, 1.165) is 12.2 Å². The molecule has 0 aliphatic carbocycles. The predicted octanol–water partition coefficient (Wildman–Crippen LogP) is 0.838. The van der Waals surface area contributed by atoms with Gasteiger partial charge in [0.2, 0.25) is 11.8 Å². The number of nitrogens with zero attached hydrogens (tertiary/aromatic N) is 6. The fourth-order valence-corrected chi connectivity index (χ4v) is 3.41. The van der Waals surface area contributed by atoms with E-state index in [1.54, 1.807) is 18.0 Å². The molecule has 3 rings (SSSR count). The van der Waals surface area contributed by atoms with Gasteiger partial charge in [-0.3, -0.25) is 14.4 Å². The van der Waals surface area contributed by atoms with Gasteiger partial charge in [0.15, 0.2) is 0 Å². The molecule has 1 fully saturated rings. The number of amides is 2. The van der Waals surface area contributed by atoms with Crippen LogP contribution in [-0.4, -0.2) is 79.2 Å². The molecular formula is C19H28N6O5. The summed E-state index contributed by atoms with van der Waals surface area (Å²) in [7, 11) is 0. The van der Waals surface area contributed by atoms with Gasteiger partial charge in [-0.1, -0.05) is 10.3 Å². The average Bonchev–Trinajstić information content (AvgIpc) is 3.22. The van der Waals surface area contributed by atoms with Gasteiger partial charge in [0, 0.05) is 51.0 Å². The number of aromatic nitrogens is 4. The molecule has 2 amide bonds. The molecule has 0 saturated carbocycles. The first-order valence-corrected chi connectivity index (χ1v) is 9.78. The molecule has 0 bridgehead atoms. The molecular weight excluding hydrogens is 392 g/mol. The number of hydrogen-bond acceptors (Lipinski definition) is 7. The zero-order valence-electron chi connectivity index (χ0n) is 17.5. The molecule has 2 aromatic rings. The lowest BCUT2D eigenvalue weighted by molar-refractivity contribution is -0.133. The summed E-state index contributed by atoms with van der Waals surface area (Å²) in [5.41, 5.74) is 1.21. The van der Waals surface area contributed by atoms with Crippen LogP contribution in [-0.2, 0) is 20.8 Å². The van der Waals surface area contributed by atoms with Crippen LogP contribution in [0.25, 0.3) is 0 Å². The quantitative estimate of drug-likeness (QED) is 0.703. The summed E-state index contributed by atoms with van der Waals surface area (Å²) < 4.78 is 6.67. The molecule has 1 unspecified atom stereocenters. The fraction of sp³-hybridized carbons (Fsp3) is 0.579. The third-order valence-electron chi connectivity index (χ3n) is 5.07. The van der Waals surface area contributed by atoms with E-state index < -0.39 is 0 Å². The van der Waals surface area contributed by atoms with Gasteiger partial charge >= 0.3 is 0 Å². The first kappa shape index (κ1) is 23.0. The van der Waals surface area contributed by atoms with Crippen molar-refractivity contribution in [2.75, 3.05) is 26.2 Å². The van der Waals surface area contributed by atoms with Crippen LogP contribution in [0.1, 0.15) is 43.0 Å². The van der Waals surface area contributed by atoms with Crippen LogP contribution >= 0.6 is 0 Å². The van der Waals surface area contributed by atoms with E-state index in [9.17, 15) is 9.59 Å². The highest BCUT2D eigenvalue weighted by molar-refractivity contribution is 5.79. The molecule has 11 heteroatoms. The Kier molecular flexibility index (Phi) is 8.51. The van der Waals surface area contributed by atoms with Crippen molar-refractivity contribution in [1.82, 2.24) is 29.7 Å². The number of carboxylic acid groups (broad SMARTS) is 1. The Balaban J connectivity index is 0.00000101.